The average Bonchev–Trinajstić information content (AvgIpc) is 2.19. The maximum absolute atomic E-state index is 11.9. The molecule has 0 unspecified atom stereocenters. The molecule has 0 atom stereocenters. The van der Waals surface area contributed by atoms with Crippen LogP contribution in [0.25, 0.3) is 0 Å². The van der Waals surface area contributed by atoms with Crippen molar-refractivity contribution in [2.45, 2.75) is 25.9 Å². The highest BCUT2D eigenvalue weighted by Gasteiger charge is 2.25. The Balaban J connectivity index is 2.76. The maximum atomic E-state index is 11.9. The Labute approximate surface area is 105 Å². The van der Waals surface area contributed by atoms with Crippen LogP contribution in [0.2, 0.25) is 0 Å². The van der Waals surface area contributed by atoms with Crippen LogP contribution in [0, 0.1) is 0 Å². The summed E-state index contributed by atoms with van der Waals surface area (Å²) in [7, 11) is 1.76. The fraction of sp³-hybridized carbons (Fsp3) is 0.417. The van der Waals surface area contributed by atoms with Crippen molar-refractivity contribution < 1.29 is 4.79 Å². The predicted octanol–water partition coefficient (Wildman–Crippen LogP) is 2.14. The zero-order valence-electron chi connectivity index (χ0n) is 9.83. The van der Waals surface area contributed by atoms with Gasteiger partial charge in [0.15, 0.2) is 0 Å². The van der Waals surface area contributed by atoms with E-state index in [1.54, 1.807) is 25.8 Å². The lowest BCUT2D eigenvalue weighted by Crippen LogP contribution is -2.49. The summed E-state index contributed by atoms with van der Waals surface area (Å²) in [6.45, 7) is 3.98. The van der Waals surface area contributed by atoms with Crippen LogP contribution in [0.3, 0.4) is 0 Å². The van der Waals surface area contributed by atoms with Crippen LogP contribution in [0.5, 0.6) is 0 Å². The second-order valence-corrected chi connectivity index (χ2v) is 5.33. The molecule has 16 heavy (non-hydrogen) atoms. The normalized spacial score (nSPS) is 11.3. The third-order valence-corrected chi connectivity index (χ3v) is 3.04. The van der Waals surface area contributed by atoms with E-state index in [0.29, 0.717) is 6.54 Å². The Bertz CT molecular complexity index is 385. The molecule has 0 aliphatic rings. The molecular formula is C12H17BrN2O. The number of rotatable bonds is 3. The van der Waals surface area contributed by atoms with Gasteiger partial charge in [0.2, 0.25) is 5.91 Å². The van der Waals surface area contributed by atoms with Gasteiger partial charge in [0.1, 0.15) is 0 Å². The molecule has 2 N–H and O–H groups in total. The van der Waals surface area contributed by atoms with E-state index in [1.165, 1.54) is 0 Å². The molecule has 0 fully saturated rings. The predicted molar refractivity (Wildman–Crippen MR) is 68.9 cm³/mol. The van der Waals surface area contributed by atoms with Gasteiger partial charge in [0.05, 0.1) is 5.54 Å². The van der Waals surface area contributed by atoms with Crippen LogP contribution in [0.15, 0.2) is 28.7 Å². The van der Waals surface area contributed by atoms with Crippen LogP contribution in [-0.2, 0) is 11.3 Å². The quantitative estimate of drug-likeness (QED) is 0.925. The molecule has 4 heteroatoms. The molecule has 1 aromatic carbocycles. The maximum Gasteiger partial charge on any atom is 0.242 e. The van der Waals surface area contributed by atoms with E-state index in [2.05, 4.69) is 15.9 Å². The van der Waals surface area contributed by atoms with Crippen LogP contribution in [0.1, 0.15) is 19.4 Å². The summed E-state index contributed by atoms with van der Waals surface area (Å²) in [5, 5.41) is 0. The second kappa shape index (κ2) is 4.97. The van der Waals surface area contributed by atoms with E-state index in [0.717, 1.165) is 10.0 Å². The van der Waals surface area contributed by atoms with Gasteiger partial charge in [-0.3, -0.25) is 4.79 Å². The Hall–Kier alpha value is -0.870. The van der Waals surface area contributed by atoms with Crippen molar-refractivity contribution >= 4 is 21.8 Å². The molecule has 0 heterocycles. The summed E-state index contributed by atoms with van der Waals surface area (Å²) in [4.78, 5) is 13.5. The molecule has 0 radical (unpaired) electrons. The minimum absolute atomic E-state index is 0.0664. The standard InChI is InChI=1S/C12H17BrN2O/c1-12(2,14)11(16)15(3)8-9-6-4-5-7-10(9)13/h4-7H,8,14H2,1-3H3. The van der Waals surface area contributed by atoms with Gasteiger partial charge in [-0.05, 0) is 25.5 Å². The lowest BCUT2D eigenvalue weighted by atomic mass is 10.1. The van der Waals surface area contributed by atoms with Gasteiger partial charge in [-0.25, -0.2) is 0 Å². The second-order valence-electron chi connectivity index (χ2n) is 4.47. The van der Waals surface area contributed by atoms with Crippen molar-refractivity contribution in [2.75, 3.05) is 7.05 Å². The number of hydrogen-bond acceptors (Lipinski definition) is 2. The Morgan fingerprint density at radius 2 is 2.00 bits per heavy atom. The first-order chi connectivity index (χ1) is 7.32. The molecule has 0 aliphatic carbocycles. The Morgan fingerprint density at radius 3 is 2.50 bits per heavy atom. The number of halogens is 1. The molecule has 1 amide bonds. The minimum Gasteiger partial charge on any atom is -0.340 e. The van der Waals surface area contributed by atoms with E-state index in [4.69, 9.17) is 5.73 Å². The number of nitrogens with zero attached hydrogens (tertiary/aromatic N) is 1. The summed E-state index contributed by atoms with van der Waals surface area (Å²) < 4.78 is 1.00. The number of amides is 1. The Kier molecular flexibility index (Phi) is 4.10. The van der Waals surface area contributed by atoms with Gasteiger partial charge in [0, 0.05) is 18.1 Å². The molecule has 1 rings (SSSR count). The molecule has 0 aromatic heterocycles. The largest absolute Gasteiger partial charge is 0.340 e. The molecular weight excluding hydrogens is 268 g/mol. The highest BCUT2D eigenvalue weighted by atomic mass is 79.9. The SMILES string of the molecule is CN(Cc1ccccc1Br)C(=O)C(C)(C)N. The molecule has 0 saturated carbocycles. The third-order valence-electron chi connectivity index (χ3n) is 2.26. The van der Waals surface area contributed by atoms with Gasteiger partial charge in [-0.15, -0.1) is 0 Å². The van der Waals surface area contributed by atoms with Gasteiger partial charge < -0.3 is 10.6 Å². The monoisotopic (exact) mass is 284 g/mol. The number of hydrogen-bond donors (Lipinski definition) is 1. The van der Waals surface area contributed by atoms with Crippen molar-refractivity contribution in [3.8, 4) is 0 Å². The van der Waals surface area contributed by atoms with Crippen molar-refractivity contribution in [3.63, 3.8) is 0 Å². The lowest BCUT2D eigenvalue weighted by molar-refractivity contribution is -0.135. The highest BCUT2D eigenvalue weighted by Crippen LogP contribution is 2.18. The minimum atomic E-state index is -0.823. The molecule has 0 aliphatic heterocycles. The molecule has 3 nitrogen and oxygen atoms in total. The first-order valence-corrected chi connectivity index (χ1v) is 5.89. The van der Waals surface area contributed by atoms with Crippen LogP contribution in [0.4, 0.5) is 0 Å². The summed E-state index contributed by atoms with van der Waals surface area (Å²) >= 11 is 3.46. The molecule has 0 saturated heterocycles. The van der Waals surface area contributed by atoms with Gasteiger partial charge in [0.25, 0.3) is 0 Å². The number of likely N-dealkylation sites (N-methyl/N-ethyl adjacent to an activating group) is 1. The van der Waals surface area contributed by atoms with Crippen molar-refractivity contribution in [1.29, 1.82) is 0 Å². The number of carbonyl (C=O) groups excluding carboxylic acids is 1. The molecule has 0 spiro atoms. The smallest absolute Gasteiger partial charge is 0.242 e. The van der Waals surface area contributed by atoms with E-state index >= 15 is 0 Å². The first kappa shape index (κ1) is 13.2. The van der Waals surface area contributed by atoms with E-state index in [-0.39, 0.29) is 5.91 Å². The molecule has 88 valence electrons. The summed E-state index contributed by atoms with van der Waals surface area (Å²) in [5.74, 6) is -0.0664. The van der Waals surface area contributed by atoms with E-state index < -0.39 is 5.54 Å². The molecule has 0 bridgehead atoms. The zero-order valence-corrected chi connectivity index (χ0v) is 11.4. The van der Waals surface area contributed by atoms with Crippen LogP contribution >= 0.6 is 15.9 Å². The van der Waals surface area contributed by atoms with Crippen LogP contribution < -0.4 is 5.73 Å². The summed E-state index contributed by atoms with van der Waals surface area (Å²) in [5.41, 5.74) is 6.02. The topological polar surface area (TPSA) is 46.3 Å². The third kappa shape index (κ3) is 3.32. The first-order valence-electron chi connectivity index (χ1n) is 5.10. The van der Waals surface area contributed by atoms with Gasteiger partial charge >= 0.3 is 0 Å². The fourth-order valence-corrected chi connectivity index (χ4v) is 1.86. The van der Waals surface area contributed by atoms with E-state index in [9.17, 15) is 4.79 Å². The van der Waals surface area contributed by atoms with Crippen molar-refractivity contribution in [3.05, 3.63) is 34.3 Å². The lowest BCUT2D eigenvalue weighted by Gasteiger charge is -2.26. The van der Waals surface area contributed by atoms with Crippen LogP contribution in [-0.4, -0.2) is 23.4 Å². The molecule has 1 aromatic rings. The van der Waals surface area contributed by atoms with E-state index in [1.807, 2.05) is 24.3 Å². The summed E-state index contributed by atoms with van der Waals surface area (Å²) in [6, 6.07) is 7.84. The highest BCUT2D eigenvalue weighted by molar-refractivity contribution is 9.10. The Morgan fingerprint density at radius 1 is 1.44 bits per heavy atom. The van der Waals surface area contributed by atoms with Crippen molar-refractivity contribution in [1.82, 2.24) is 4.90 Å². The average molecular weight is 285 g/mol. The number of benzene rings is 1. The number of carbonyl (C=O) groups is 1. The number of nitrogens with two attached hydrogens (primary N) is 1. The van der Waals surface area contributed by atoms with Gasteiger partial charge in [-0.1, -0.05) is 34.1 Å². The fourth-order valence-electron chi connectivity index (χ4n) is 1.45. The van der Waals surface area contributed by atoms with Gasteiger partial charge in [-0.2, -0.15) is 0 Å². The zero-order chi connectivity index (χ0) is 12.3. The van der Waals surface area contributed by atoms with Crippen molar-refractivity contribution in [2.24, 2.45) is 5.73 Å². The summed E-state index contributed by atoms with van der Waals surface area (Å²) in [6.07, 6.45) is 0.